The van der Waals surface area contributed by atoms with Crippen molar-refractivity contribution in [2.75, 3.05) is 12.0 Å². The number of hydrogen-bond acceptors (Lipinski definition) is 5. The van der Waals surface area contributed by atoms with Gasteiger partial charge in [-0.2, -0.15) is 0 Å². The van der Waals surface area contributed by atoms with E-state index in [-0.39, 0.29) is 11.3 Å². The molecular weight excluding hydrogens is 559 g/mol. The summed E-state index contributed by atoms with van der Waals surface area (Å²) in [4.78, 5) is 20.4. The Morgan fingerprint density at radius 2 is 1.51 bits per heavy atom. The summed E-state index contributed by atoms with van der Waals surface area (Å²) in [5.41, 5.74) is 4.29. The van der Waals surface area contributed by atoms with E-state index in [2.05, 4.69) is 90.9 Å². The minimum Gasteiger partial charge on any atom is -0.496 e. The zero-order valence-corrected chi connectivity index (χ0v) is 28.9. The lowest BCUT2D eigenvalue weighted by atomic mass is 9.78. The van der Waals surface area contributed by atoms with E-state index in [1.54, 1.807) is 13.3 Å². The summed E-state index contributed by atoms with van der Waals surface area (Å²) < 4.78 is 18.0. The van der Waals surface area contributed by atoms with Crippen LogP contribution >= 0.6 is 0 Å². The van der Waals surface area contributed by atoms with Gasteiger partial charge in [0.15, 0.2) is 0 Å². The first-order valence-corrected chi connectivity index (χ1v) is 16.0. The quantitative estimate of drug-likeness (QED) is 0.197. The molecule has 1 aromatic heterocycles. The molecule has 0 spiro atoms. The monoisotopic (exact) mass is 608 g/mol. The van der Waals surface area contributed by atoms with E-state index in [0.717, 1.165) is 44.2 Å². The number of amides is 1. The summed E-state index contributed by atoms with van der Waals surface area (Å²) in [5, 5.41) is 1.89. The molecule has 3 aromatic carbocycles. The molecular formula is C38H49BN2O4. The van der Waals surface area contributed by atoms with Crippen molar-refractivity contribution < 1.29 is 18.8 Å². The smallest absolute Gasteiger partial charge is 0.494 e. The number of anilines is 1. The minimum atomic E-state index is -0.461. The van der Waals surface area contributed by atoms with Crippen LogP contribution in [0.4, 0.5) is 5.82 Å². The van der Waals surface area contributed by atoms with Crippen molar-refractivity contribution in [3.63, 3.8) is 0 Å². The van der Waals surface area contributed by atoms with Crippen molar-refractivity contribution in [2.45, 2.75) is 93.4 Å². The first-order chi connectivity index (χ1) is 21.2. The van der Waals surface area contributed by atoms with Gasteiger partial charge < -0.3 is 14.0 Å². The summed E-state index contributed by atoms with van der Waals surface area (Å²) in [7, 11) is 1.23. The fourth-order valence-corrected chi connectivity index (χ4v) is 5.39. The van der Waals surface area contributed by atoms with Gasteiger partial charge in [-0.3, -0.25) is 9.69 Å². The Balaban J connectivity index is 0.00000226. The number of rotatable bonds is 7. The number of hydrogen-bond donors (Lipinski definition) is 0. The van der Waals surface area contributed by atoms with Crippen LogP contribution in [0.3, 0.4) is 0 Å². The molecule has 0 N–H and O–H groups in total. The van der Waals surface area contributed by atoms with E-state index in [0.29, 0.717) is 18.8 Å². The second kappa shape index (κ2) is 13.4. The molecule has 6 nitrogen and oxygen atoms in total. The zero-order valence-electron chi connectivity index (χ0n) is 28.9. The van der Waals surface area contributed by atoms with Crippen LogP contribution in [-0.2, 0) is 20.6 Å². The van der Waals surface area contributed by atoms with Crippen LogP contribution in [-0.4, -0.2) is 36.3 Å². The molecule has 2 heterocycles. The van der Waals surface area contributed by atoms with E-state index >= 15 is 0 Å². The van der Waals surface area contributed by atoms with Crippen molar-refractivity contribution in [1.82, 2.24) is 4.98 Å². The number of ether oxygens (including phenoxy) is 1. The van der Waals surface area contributed by atoms with E-state index in [9.17, 15) is 4.79 Å². The van der Waals surface area contributed by atoms with Gasteiger partial charge in [0.2, 0.25) is 5.91 Å². The van der Waals surface area contributed by atoms with Gasteiger partial charge in [0, 0.05) is 18.0 Å². The molecule has 5 rings (SSSR count). The molecule has 238 valence electrons. The Labute approximate surface area is 270 Å². The predicted octanol–water partition coefficient (Wildman–Crippen LogP) is 8.51. The van der Waals surface area contributed by atoms with Crippen LogP contribution < -0.4 is 15.1 Å². The van der Waals surface area contributed by atoms with Gasteiger partial charge in [-0.1, -0.05) is 83.1 Å². The van der Waals surface area contributed by atoms with E-state index in [1.165, 1.54) is 0 Å². The van der Waals surface area contributed by atoms with Crippen LogP contribution in [0.2, 0.25) is 0 Å². The minimum absolute atomic E-state index is 0.0393. The van der Waals surface area contributed by atoms with E-state index < -0.39 is 18.3 Å². The molecule has 1 fully saturated rings. The Morgan fingerprint density at radius 3 is 2.09 bits per heavy atom. The second-order valence-corrected chi connectivity index (χ2v) is 13.8. The van der Waals surface area contributed by atoms with Crippen LogP contribution in [0.5, 0.6) is 5.75 Å². The summed E-state index contributed by atoms with van der Waals surface area (Å²) >= 11 is 0. The van der Waals surface area contributed by atoms with E-state index in [1.807, 2.05) is 49.9 Å². The summed E-state index contributed by atoms with van der Waals surface area (Å²) in [6, 6.07) is 22.7. The molecule has 0 aliphatic carbocycles. The topological polar surface area (TPSA) is 60.9 Å². The molecule has 0 radical (unpaired) electrons. The first kappa shape index (κ1) is 34.2. The third-order valence-electron chi connectivity index (χ3n) is 8.55. The Morgan fingerprint density at radius 1 is 0.889 bits per heavy atom. The van der Waals surface area contributed by atoms with Gasteiger partial charge in [-0.05, 0) is 91.3 Å². The number of carbonyl (C=O) groups excluding carboxylic acids is 1. The number of aromatic nitrogens is 1. The van der Waals surface area contributed by atoms with Gasteiger partial charge in [-0.15, -0.1) is 0 Å². The van der Waals surface area contributed by atoms with Crippen LogP contribution in [0.1, 0.15) is 79.9 Å². The largest absolute Gasteiger partial charge is 0.496 e. The lowest BCUT2D eigenvalue weighted by Crippen LogP contribution is -2.41. The van der Waals surface area contributed by atoms with Crippen molar-refractivity contribution in [2.24, 2.45) is 5.41 Å². The molecule has 1 saturated heterocycles. The van der Waals surface area contributed by atoms with E-state index in [4.69, 9.17) is 19.0 Å². The molecule has 0 unspecified atom stereocenters. The Bertz CT molecular complexity index is 1620. The van der Waals surface area contributed by atoms with Gasteiger partial charge in [-0.25, -0.2) is 4.98 Å². The molecule has 0 saturated carbocycles. The molecule has 0 atom stereocenters. The lowest BCUT2D eigenvalue weighted by molar-refractivity contribution is -0.120. The molecule has 7 heteroatoms. The normalized spacial score (nSPS) is 15.4. The summed E-state index contributed by atoms with van der Waals surface area (Å²) in [6.45, 7) is 20.9. The second-order valence-electron chi connectivity index (χ2n) is 13.8. The predicted molar refractivity (Wildman–Crippen MR) is 187 cm³/mol. The third kappa shape index (κ3) is 7.59. The highest BCUT2D eigenvalue weighted by Gasteiger charge is 2.51. The van der Waals surface area contributed by atoms with Gasteiger partial charge in [0.05, 0.1) is 24.9 Å². The molecule has 4 aromatic rings. The standard InChI is InChI=1S/C36H43BN2O4.C2H6/c1-24-20-27(14-17-31(24)41-9)26-12-10-25(11-13-26)23-39(32(40)22-34(2,3)4)33-30-16-15-29(21-28(30)18-19-38-33)37-42-35(5,6)36(7,8)43-37;1-2/h10-21H,22-23H2,1-9H3;1-2H3. The molecule has 1 amide bonds. The molecule has 0 bridgehead atoms. The number of methoxy groups -OCH3 is 1. The summed E-state index contributed by atoms with van der Waals surface area (Å²) in [5.74, 6) is 1.57. The lowest BCUT2D eigenvalue weighted by Gasteiger charge is -2.32. The fourth-order valence-electron chi connectivity index (χ4n) is 5.39. The van der Waals surface area contributed by atoms with Crippen LogP contribution in [0.15, 0.2) is 72.9 Å². The molecule has 45 heavy (non-hydrogen) atoms. The van der Waals surface area contributed by atoms with Gasteiger partial charge in [0.1, 0.15) is 11.6 Å². The van der Waals surface area contributed by atoms with Crippen molar-refractivity contribution in [1.29, 1.82) is 0 Å². The van der Waals surface area contributed by atoms with Crippen LogP contribution in [0, 0.1) is 12.3 Å². The van der Waals surface area contributed by atoms with Gasteiger partial charge >= 0.3 is 7.12 Å². The number of aryl methyl sites for hydroxylation is 1. The zero-order chi connectivity index (χ0) is 33.2. The van der Waals surface area contributed by atoms with Gasteiger partial charge in [0.25, 0.3) is 0 Å². The number of nitrogens with zero attached hydrogens (tertiary/aromatic N) is 2. The maximum atomic E-state index is 13.8. The Kier molecular flexibility index (Phi) is 10.2. The SMILES string of the molecule is CC.COc1ccc(-c2ccc(CN(C(=O)CC(C)(C)C)c3nccc4cc(B5OC(C)(C)C(C)(C)O5)ccc34)cc2)cc1C. The highest BCUT2D eigenvalue weighted by atomic mass is 16.7. The van der Waals surface area contributed by atoms with Crippen molar-refractivity contribution >= 4 is 35.1 Å². The third-order valence-corrected chi connectivity index (χ3v) is 8.55. The molecule has 1 aliphatic rings. The highest BCUT2D eigenvalue weighted by Crippen LogP contribution is 2.37. The van der Waals surface area contributed by atoms with Crippen molar-refractivity contribution in [3.05, 3.63) is 84.1 Å². The first-order valence-electron chi connectivity index (χ1n) is 16.0. The average Bonchev–Trinajstić information content (AvgIpc) is 3.22. The number of pyridine rings is 1. The molecule has 1 aliphatic heterocycles. The fraction of sp³-hybridized carbons (Fsp3) is 0.421. The maximum Gasteiger partial charge on any atom is 0.494 e. The Hall–Kier alpha value is -3.68. The maximum absolute atomic E-state index is 13.8. The summed E-state index contributed by atoms with van der Waals surface area (Å²) in [6.07, 6.45) is 2.18. The number of carbonyl (C=O) groups is 1. The van der Waals surface area contributed by atoms with Crippen molar-refractivity contribution in [3.8, 4) is 16.9 Å². The highest BCUT2D eigenvalue weighted by molar-refractivity contribution is 6.62. The number of benzene rings is 3. The average molecular weight is 609 g/mol. The van der Waals surface area contributed by atoms with Crippen LogP contribution in [0.25, 0.3) is 21.9 Å². The number of fused-ring (bicyclic) bond motifs is 1.